The Kier molecular flexibility index (Phi) is 4.75. The molecule has 1 aromatic rings. The Hall–Kier alpha value is -1.16. The van der Waals surface area contributed by atoms with Gasteiger partial charge in [0, 0.05) is 4.88 Å². The van der Waals surface area contributed by atoms with E-state index < -0.39 is 5.97 Å². The first kappa shape index (κ1) is 14.3. The van der Waals surface area contributed by atoms with Crippen LogP contribution in [0.3, 0.4) is 0 Å². The number of hydrogen-bond acceptors (Lipinski definition) is 5. The summed E-state index contributed by atoms with van der Waals surface area (Å²) >= 11 is 4.63. The third kappa shape index (κ3) is 2.89. The fraction of sp³-hybridized carbons (Fsp3) is 0.385. The van der Waals surface area contributed by atoms with E-state index in [1.165, 1.54) is 11.3 Å². The second-order valence-electron chi connectivity index (χ2n) is 3.84. The molecular weight excluding hydrogens is 330 g/mol. The van der Waals surface area contributed by atoms with Crippen molar-refractivity contribution in [2.45, 2.75) is 13.3 Å². The van der Waals surface area contributed by atoms with E-state index in [2.05, 4.69) is 22.0 Å². The Bertz CT molecular complexity index is 571. The van der Waals surface area contributed by atoms with Crippen molar-refractivity contribution in [3.05, 3.63) is 25.9 Å². The number of ether oxygens (including phenoxy) is 2. The van der Waals surface area contributed by atoms with Gasteiger partial charge in [-0.2, -0.15) is 5.26 Å². The maximum atomic E-state index is 11.8. The van der Waals surface area contributed by atoms with Crippen LogP contribution in [-0.2, 0) is 9.47 Å². The molecule has 0 bridgehead atoms. The number of esters is 1. The molecule has 0 fully saturated rings. The van der Waals surface area contributed by atoms with Crippen molar-refractivity contribution < 1.29 is 14.3 Å². The van der Waals surface area contributed by atoms with Crippen molar-refractivity contribution in [3.8, 4) is 6.07 Å². The maximum Gasteiger partial charge on any atom is 0.349 e. The Morgan fingerprint density at radius 3 is 3.05 bits per heavy atom. The molecule has 0 N–H and O–H groups in total. The van der Waals surface area contributed by atoms with E-state index in [4.69, 9.17) is 9.47 Å². The van der Waals surface area contributed by atoms with Crippen LogP contribution in [-0.4, -0.2) is 25.8 Å². The van der Waals surface area contributed by atoms with Crippen LogP contribution in [0.2, 0.25) is 0 Å². The predicted molar refractivity (Wildman–Crippen MR) is 76.1 cm³/mol. The molecule has 19 heavy (non-hydrogen) atoms. The van der Waals surface area contributed by atoms with E-state index in [0.29, 0.717) is 34.7 Å². The van der Waals surface area contributed by atoms with Gasteiger partial charge in [-0.15, -0.1) is 11.3 Å². The monoisotopic (exact) mass is 341 g/mol. The average molecular weight is 342 g/mol. The van der Waals surface area contributed by atoms with Gasteiger partial charge in [0.25, 0.3) is 0 Å². The van der Waals surface area contributed by atoms with Crippen molar-refractivity contribution in [2.24, 2.45) is 0 Å². The second kappa shape index (κ2) is 6.33. The number of nitriles is 1. The van der Waals surface area contributed by atoms with E-state index in [0.717, 1.165) is 16.9 Å². The smallest absolute Gasteiger partial charge is 0.349 e. The van der Waals surface area contributed by atoms with Crippen molar-refractivity contribution in [2.75, 3.05) is 19.8 Å². The van der Waals surface area contributed by atoms with Gasteiger partial charge in [0.15, 0.2) is 0 Å². The summed E-state index contributed by atoms with van der Waals surface area (Å²) in [5, 5.41) is 9.27. The number of carbonyl (C=O) groups excluding carboxylic acids is 1. The average Bonchev–Trinajstić information content (AvgIpc) is 2.77. The fourth-order valence-electron chi connectivity index (χ4n) is 1.80. The zero-order valence-corrected chi connectivity index (χ0v) is 12.8. The molecule has 4 nitrogen and oxygen atoms in total. The normalized spacial score (nSPS) is 14.7. The minimum Gasteiger partial charge on any atom is -0.462 e. The summed E-state index contributed by atoms with van der Waals surface area (Å²) in [5.41, 5.74) is 1.56. The zero-order valence-electron chi connectivity index (χ0n) is 10.4. The van der Waals surface area contributed by atoms with Crippen LogP contribution in [0.1, 0.15) is 33.5 Å². The first-order chi connectivity index (χ1) is 9.19. The number of carbonyl (C=O) groups is 1. The summed E-state index contributed by atoms with van der Waals surface area (Å²) in [4.78, 5) is 13.1. The lowest BCUT2D eigenvalue weighted by atomic mass is 10.1. The highest BCUT2D eigenvalue weighted by molar-refractivity contribution is 9.10. The first-order valence-electron chi connectivity index (χ1n) is 5.85. The minimum absolute atomic E-state index is 0.316. The number of thiophene rings is 1. The number of rotatable bonds is 3. The number of halogens is 1. The highest BCUT2D eigenvalue weighted by Gasteiger charge is 2.24. The number of nitrogens with zero attached hydrogens (tertiary/aromatic N) is 1. The molecule has 2 heterocycles. The molecule has 1 aliphatic heterocycles. The Labute approximate surface area is 123 Å². The zero-order chi connectivity index (χ0) is 13.8. The van der Waals surface area contributed by atoms with E-state index in [1.807, 2.05) is 6.08 Å². The van der Waals surface area contributed by atoms with Gasteiger partial charge in [-0.05, 0) is 34.8 Å². The third-order valence-corrected chi connectivity index (χ3v) is 4.98. The van der Waals surface area contributed by atoms with Gasteiger partial charge in [-0.1, -0.05) is 6.08 Å². The Balaban J connectivity index is 2.45. The molecular formula is C13H12BrNO3S. The van der Waals surface area contributed by atoms with Crippen molar-refractivity contribution in [1.82, 2.24) is 0 Å². The SMILES string of the molecule is CCOC(=O)c1sc(C2=CCOCC2)c(C#N)c1Br. The molecule has 100 valence electrons. The molecule has 0 unspecified atom stereocenters. The van der Waals surface area contributed by atoms with E-state index in [-0.39, 0.29) is 0 Å². The molecule has 0 aromatic carbocycles. The summed E-state index contributed by atoms with van der Waals surface area (Å²) < 4.78 is 10.8. The largest absolute Gasteiger partial charge is 0.462 e. The van der Waals surface area contributed by atoms with Gasteiger partial charge < -0.3 is 9.47 Å². The van der Waals surface area contributed by atoms with Crippen LogP contribution in [0.15, 0.2) is 10.5 Å². The molecule has 0 radical (unpaired) electrons. The highest BCUT2D eigenvalue weighted by atomic mass is 79.9. The topological polar surface area (TPSA) is 59.3 Å². The first-order valence-corrected chi connectivity index (χ1v) is 7.46. The van der Waals surface area contributed by atoms with Gasteiger partial charge in [0.1, 0.15) is 10.9 Å². The van der Waals surface area contributed by atoms with Gasteiger partial charge in [-0.3, -0.25) is 0 Å². The molecule has 0 aliphatic carbocycles. The molecule has 0 spiro atoms. The molecule has 2 rings (SSSR count). The van der Waals surface area contributed by atoms with Gasteiger partial charge >= 0.3 is 5.97 Å². The molecule has 0 amide bonds. The molecule has 0 atom stereocenters. The Morgan fingerprint density at radius 1 is 1.68 bits per heavy atom. The molecule has 1 aliphatic rings. The standard InChI is InChI=1S/C13H12BrNO3S/c1-2-18-13(16)12-10(14)9(7-15)11(19-12)8-3-5-17-6-4-8/h3H,2,4-6H2,1H3. The van der Waals surface area contributed by atoms with E-state index in [9.17, 15) is 10.1 Å². The summed E-state index contributed by atoms with van der Waals surface area (Å²) in [6.07, 6.45) is 2.71. The van der Waals surface area contributed by atoms with Crippen LogP contribution < -0.4 is 0 Å². The lowest BCUT2D eigenvalue weighted by Gasteiger charge is -2.12. The van der Waals surface area contributed by atoms with Crippen LogP contribution >= 0.6 is 27.3 Å². The van der Waals surface area contributed by atoms with Crippen LogP contribution in [0.4, 0.5) is 0 Å². The van der Waals surface area contributed by atoms with Gasteiger partial charge in [-0.25, -0.2) is 4.79 Å². The predicted octanol–water partition coefficient (Wildman–Crippen LogP) is 3.36. The fourth-order valence-corrected chi connectivity index (χ4v) is 3.73. The quantitative estimate of drug-likeness (QED) is 0.791. The molecule has 6 heteroatoms. The Morgan fingerprint density at radius 2 is 2.47 bits per heavy atom. The van der Waals surface area contributed by atoms with Crippen LogP contribution in [0, 0.1) is 11.3 Å². The van der Waals surface area contributed by atoms with Crippen molar-refractivity contribution in [1.29, 1.82) is 5.26 Å². The summed E-state index contributed by atoms with van der Waals surface area (Å²) in [6, 6.07) is 2.15. The minimum atomic E-state index is -0.394. The third-order valence-electron chi connectivity index (χ3n) is 2.68. The number of hydrogen-bond donors (Lipinski definition) is 0. The van der Waals surface area contributed by atoms with Crippen LogP contribution in [0.5, 0.6) is 0 Å². The van der Waals surface area contributed by atoms with Gasteiger partial charge in [0.05, 0.1) is 29.9 Å². The van der Waals surface area contributed by atoms with Crippen LogP contribution in [0.25, 0.3) is 5.57 Å². The highest BCUT2D eigenvalue weighted by Crippen LogP contribution is 2.39. The van der Waals surface area contributed by atoms with Crippen molar-refractivity contribution in [3.63, 3.8) is 0 Å². The molecule has 0 saturated heterocycles. The summed E-state index contributed by atoms with van der Waals surface area (Å²) in [7, 11) is 0. The van der Waals surface area contributed by atoms with Crippen molar-refractivity contribution >= 4 is 38.8 Å². The molecule has 1 aromatic heterocycles. The van der Waals surface area contributed by atoms with Gasteiger partial charge in [0.2, 0.25) is 0 Å². The lowest BCUT2D eigenvalue weighted by molar-refractivity contribution is 0.0531. The summed E-state index contributed by atoms with van der Waals surface area (Å²) in [5.74, 6) is -0.394. The maximum absolute atomic E-state index is 11.8. The summed E-state index contributed by atoms with van der Waals surface area (Å²) in [6.45, 7) is 3.26. The second-order valence-corrected chi connectivity index (χ2v) is 5.65. The van der Waals surface area contributed by atoms with E-state index in [1.54, 1.807) is 6.92 Å². The molecule has 0 saturated carbocycles. The van der Waals surface area contributed by atoms with E-state index >= 15 is 0 Å². The lowest BCUT2D eigenvalue weighted by Crippen LogP contribution is -2.03.